The molecule has 19 heavy (non-hydrogen) atoms. The van der Waals surface area contributed by atoms with Crippen LogP contribution >= 0.6 is 11.8 Å². The molecule has 0 bridgehead atoms. The lowest BCUT2D eigenvalue weighted by atomic mass is 10.0. The summed E-state index contributed by atoms with van der Waals surface area (Å²) >= 11 is 1.73. The van der Waals surface area contributed by atoms with Gasteiger partial charge in [-0.1, -0.05) is 0 Å². The van der Waals surface area contributed by atoms with Crippen molar-refractivity contribution in [1.82, 2.24) is 5.32 Å². The molecule has 0 aromatic heterocycles. The molecule has 2 rings (SSSR count). The number of aliphatic hydroxyl groups is 1. The zero-order chi connectivity index (χ0) is 13.9. The summed E-state index contributed by atoms with van der Waals surface area (Å²) in [5.74, 6) is 1.53. The number of nitrogens with zero attached hydrogens (tertiary/aromatic N) is 1. The first-order valence-electron chi connectivity index (χ1n) is 6.36. The molecule has 1 fully saturated rings. The average Bonchev–Trinajstić information content (AvgIpc) is 2.83. The summed E-state index contributed by atoms with van der Waals surface area (Å²) in [4.78, 5) is 14.0. The fourth-order valence-electron chi connectivity index (χ4n) is 1.99. The smallest absolute Gasteiger partial charge is 0.251 e. The molecule has 1 aliphatic heterocycles. The lowest BCUT2D eigenvalue weighted by Crippen LogP contribution is -2.42. The summed E-state index contributed by atoms with van der Waals surface area (Å²) in [6, 6.07) is 7.43. The topological polar surface area (TPSA) is 52.6 Å². The van der Waals surface area contributed by atoms with Gasteiger partial charge in [-0.25, -0.2) is 0 Å². The molecule has 1 amide bonds. The van der Waals surface area contributed by atoms with Crippen LogP contribution in [0.2, 0.25) is 0 Å². The molecule has 0 saturated carbocycles. The van der Waals surface area contributed by atoms with Crippen molar-refractivity contribution in [3.63, 3.8) is 0 Å². The Balaban J connectivity index is 1.92. The van der Waals surface area contributed by atoms with Crippen LogP contribution in [-0.4, -0.2) is 48.8 Å². The number of amides is 1. The molecule has 0 aliphatic carbocycles. The number of hydrogen-bond acceptors (Lipinski definition) is 4. The monoisotopic (exact) mass is 280 g/mol. The molecule has 1 aromatic carbocycles. The standard InChI is InChI=1S/C14H20N2O2S/c1-16(2)12-5-3-11(4-6-12)13(17)15-9-14(18)7-8-19-10-14/h3-6,18H,7-10H2,1-2H3,(H,15,17). The second-order valence-corrected chi connectivity index (χ2v) is 6.26. The SMILES string of the molecule is CN(C)c1ccc(C(=O)NCC2(O)CCSC2)cc1. The maximum absolute atomic E-state index is 12.0. The molecule has 0 spiro atoms. The number of anilines is 1. The van der Waals surface area contributed by atoms with Crippen molar-refractivity contribution >= 4 is 23.4 Å². The highest BCUT2D eigenvalue weighted by molar-refractivity contribution is 7.99. The van der Waals surface area contributed by atoms with E-state index in [1.807, 2.05) is 31.1 Å². The third kappa shape index (κ3) is 3.64. The summed E-state index contributed by atoms with van der Waals surface area (Å²) in [6.07, 6.45) is 0.748. The number of benzene rings is 1. The van der Waals surface area contributed by atoms with Crippen LogP contribution < -0.4 is 10.2 Å². The van der Waals surface area contributed by atoms with Gasteiger partial charge in [-0.2, -0.15) is 11.8 Å². The second kappa shape index (κ2) is 5.84. The van der Waals surface area contributed by atoms with Crippen molar-refractivity contribution in [2.24, 2.45) is 0 Å². The van der Waals surface area contributed by atoms with Gasteiger partial charge in [0, 0.05) is 37.6 Å². The predicted octanol–water partition coefficient (Wildman–Crippen LogP) is 1.35. The fraction of sp³-hybridized carbons (Fsp3) is 0.500. The Labute approximate surface area is 118 Å². The van der Waals surface area contributed by atoms with Crippen molar-refractivity contribution in [3.05, 3.63) is 29.8 Å². The Morgan fingerprint density at radius 1 is 1.42 bits per heavy atom. The second-order valence-electron chi connectivity index (χ2n) is 5.15. The van der Waals surface area contributed by atoms with Crippen LogP contribution in [0.25, 0.3) is 0 Å². The van der Waals surface area contributed by atoms with Gasteiger partial charge in [0.1, 0.15) is 0 Å². The summed E-state index contributed by atoms with van der Waals surface area (Å²) in [5.41, 5.74) is 0.950. The number of nitrogens with one attached hydrogen (secondary N) is 1. The lowest BCUT2D eigenvalue weighted by molar-refractivity contribution is 0.0612. The van der Waals surface area contributed by atoms with Crippen LogP contribution in [-0.2, 0) is 0 Å². The Hall–Kier alpha value is -1.20. The third-order valence-electron chi connectivity index (χ3n) is 3.31. The molecule has 1 aliphatic rings. The minimum atomic E-state index is -0.732. The van der Waals surface area contributed by atoms with Crippen molar-refractivity contribution in [3.8, 4) is 0 Å². The molecule has 1 saturated heterocycles. The molecule has 5 heteroatoms. The van der Waals surface area contributed by atoms with Crippen molar-refractivity contribution in [1.29, 1.82) is 0 Å². The molecule has 4 nitrogen and oxygen atoms in total. The van der Waals surface area contributed by atoms with Gasteiger partial charge in [0.05, 0.1) is 5.60 Å². The zero-order valence-corrected chi connectivity index (χ0v) is 12.2. The van der Waals surface area contributed by atoms with Crippen molar-refractivity contribution in [2.75, 3.05) is 37.0 Å². The maximum atomic E-state index is 12.0. The largest absolute Gasteiger partial charge is 0.387 e. The Bertz CT molecular complexity index is 439. The molecule has 104 valence electrons. The summed E-state index contributed by atoms with van der Waals surface area (Å²) < 4.78 is 0. The zero-order valence-electron chi connectivity index (χ0n) is 11.3. The van der Waals surface area contributed by atoms with Gasteiger partial charge >= 0.3 is 0 Å². The molecule has 2 N–H and O–H groups in total. The van der Waals surface area contributed by atoms with E-state index < -0.39 is 5.60 Å². The first-order chi connectivity index (χ1) is 9.00. The number of carbonyl (C=O) groups is 1. The van der Waals surface area contributed by atoms with E-state index in [2.05, 4.69) is 5.32 Å². The van der Waals surface area contributed by atoms with Crippen LogP contribution in [0.15, 0.2) is 24.3 Å². The Morgan fingerprint density at radius 3 is 2.63 bits per heavy atom. The van der Waals surface area contributed by atoms with Crippen LogP contribution in [0.5, 0.6) is 0 Å². The van der Waals surface area contributed by atoms with E-state index in [1.165, 1.54) is 0 Å². The van der Waals surface area contributed by atoms with E-state index in [-0.39, 0.29) is 5.91 Å². The van der Waals surface area contributed by atoms with E-state index in [9.17, 15) is 9.90 Å². The molecular weight excluding hydrogens is 260 g/mol. The minimum absolute atomic E-state index is 0.129. The average molecular weight is 280 g/mol. The molecule has 1 aromatic rings. The normalized spacial score (nSPS) is 22.3. The van der Waals surface area contributed by atoms with Crippen LogP contribution in [0.4, 0.5) is 5.69 Å². The quantitative estimate of drug-likeness (QED) is 0.874. The maximum Gasteiger partial charge on any atom is 0.251 e. The van der Waals surface area contributed by atoms with Gasteiger partial charge in [-0.15, -0.1) is 0 Å². The van der Waals surface area contributed by atoms with E-state index in [0.29, 0.717) is 17.9 Å². The molecule has 1 atom stereocenters. The van der Waals surface area contributed by atoms with E-state index >= 15 is 0 Å². The van der Waals surface area contributed by atoms with Crippen LogP contribution in [0.3, 0.4) is 0 Å². The Morgan fingerprint density at radius 2 is 2.11 bits per heavy atom. The predicted molar refractivity (Wildman–Crippen MR) is 80.0 cm³/mol. The lowest BCUT2D eigenvalue weighted by Gasteiger charge is -2.21. The number of hydrogen-bond donors (Lipinski definition) is 2. The highest BCUT2D eigenvalue weighted by atomic mass is 32.2. The third-order valence-corrected chi connectivity index (χ3v) is 4.54. The van der Waals surface area contributed by atoms with Gasteiger partial charge in [0.15, 0.2) is 0 Å². The van der Waals surface area contributed by atoms with Crippen molar-refractivity contribution in [2.45, 2.75) is 12.0 Å². The van der Waals surface area contributed by atoms with E-state index in [1.54, 1.807) is 23.9 Å². The van der Waals surface area contributed by atoms with Gasteiger partial charge < -0.3 is 15.3 Å². The molecule has 1 heterocycles. The molecular formula is C14H20N2O2S. The summed E-state index contributed by atoms with van der Waals surface area (Å²) in [6.45, 7) is 0.328. The van der Waals surface area contributed by atoms with Gasteiger partial charge in [0.25, 0.3) is 5.91 Å². The van der Waals surface area contributed by atoms with E-state index in [4.69, 9.17) is 0 Å². The molecule has 0 radical (unpaired) electrons. The van der Waals surface area contributed by atoms with Gasteiger partial charge in [-0.05, 0) is 36.4 Å². The fourth-order valence-corrected chi connectivity index (χ4v) is 3.29. The summed E-state index contributed by atoms with van der Waals surface area (Å²) in [7, 11) is 3.92. The molecule has 1 unspecified atom stereocenters. The first-order valence-corrected chi connectivity index (χ1v) is 7.51. The van der Waals surface area contributed by atoms with E-state index in [0.717, 1.165) is 17.9 Å². The van der Waals surface area contributed by atoms with Gasteiger partial charge in [-0.3, -0.25) is 4.79 Å². The number of rotatable bonds is 4. The van der Waals surface area contributed by atoms with Gasteiger partial charge in [0.2, 0.25) is 0 Å². The van der Waals surface area contributed by atoms with Crippen molar-refractivity contribution < 1.29 is 9.90 Å². The van der Waals surface area contributed by atoms with Crippen LogP contribution in [0, 0.1) is 0 Å². The number of thioether (sulfide) groups is 1. The first kappa shape index (κ1) is 14.2. The summed E-state index contributed by atoms with van der Waals surface area (Å²) in [5, 5.41) is 13.0. The highest BCUT2D eigenvalue weighted by Crippen LogP contribution is 2.27. The van der Waals surface area contributed by atoms with Crippen LogP contribution in [0.1, 0.15) is 16.8 Å². The minimum Gasteiger partial charge on any atom is -0.387 e. The highest BCUT2D eigenvalue weighted by Gasteiger charge is 2.31. The Kier molecular flexibility index (Phi) is 4.37. The number of carbonyl (C=O) groups excluding carboxylic acids is 1.